The highest BCUT2D eigenvalue weighted by Crippen LogP contribution is 2.51. The van der Waals surface area contributed by atoms with Crippen LogP contribution in [0.1, 0.15) is 0 Å². The summed E-state index contributed by atoms with van der Waals surface area (Å²) in [6, 6.07) is 124. The van der Waals surface area contributed by atoms with Crippen molar-refractivity contribution in [1.29, 1.82) is 0 Å². The zero-order valence-electron chi connectivity index (χ0n) is 54.0. The van der Waals surface area contributed by atoms with Gasteiger partial charge in [-0.3, -0.25) is 0 Å². The molecule has 0 fully saturated rings. The molecule has 1 aliphatic heterocycles. The second kappa shape index (κ2) is 23.3. The second-order valence-electron chi connectivity index (χ2n) is 26.2. The summed E-state index contributed by atoms with van der Waals surface area (Å²) in [5, 5.41) is 18.1. The third-order valence-electron chi connectivity index (χ3n) is 20.3. The van der Waals surface area contributed by atoms with Gasteiger partial charge in [0.05, 0.1) is 21.5 Å². The molecule has 1 aliphatic rings. The number of hydrogen-bond donors (Lipinski definition) is 0. The fourth-order valence-electron chi connectivity index (χ4n) is 15.7. The zero-order chi connectivity index (χ0) is 65.0. The minimum atomic E-state index is -1.93. The van der Waals surface area contributed by atoms with Gasteiger partial charge in [0.2, 0.25) is 0 Å². The molecule has 0 radical (unpaired) electrons. The van der Waals surface area contributed by atoms with E-state index in [9.17, 15) is 0 Å². The Morgan fingerprint density at radius 1 is 0.265 bits per heavy atom. The number of anilines is 6. The van der Waals surface area contributed by atoms with Crippen LogP contribution >= 0.6 is 22.7 Å². The SMILES string of the molecule is C[Si]1(C)c2ccccc2-c2ccc(N(c3ccc4sc5cccc(-c6cccc7ccccc67)c5c4c3)c3cccc4oc5ccccc5c34)cc21.c1ccc(N(c2ccc(-c3ccc4ccccc4c3)cc2)c2cccc3c2sc2cccc(-c4cccc5ccccc45)c23)cc1. The maximum atomic E-state index is 6.46. The highest BCUT2D eigenvalue weighted by Gasteiger charge is 2.38. The first-order valence-corrected chi connectivity index (χ1v) is 38.2. The van der Waals surface area contributed by atoms with Gasteiger partial charge in [0.1, 0.15) is 19.2 Å². The van der Waals surface area contributed by atoms with Crippen molar-refractivity contribution in [2.45, 2.75) is 13.1 Å². The molecule has 16 aromatic carbocycles. The molecular formula is C92H62N2OS2Si. The van der Waals surface area contributed by atoms with Gasteiger partial charge in [-0.25, -0.2) is 0 Å². The van der Waals surface area contributed by atoms with Crippen LogP contribution in [0.25, 0.3) is 139 Å². The van der Waals surface area contributed by atoms with E-state index in [2.05, 4.69) is 363 Å². The first-order valence-electron chi connectivity index (χ1n) is 33.6. The molecule has 462 valence electrons. The van der Waals surface area contributed by atoms with Crippen LogP contribution in [0.15, 0.2) is 344 Å². The Morgan fingerprint density at radius 3 is 1.53 bits per heavy atom. The molecule has 19 aromatic rings. The Bertz CT molecular complexity index is 6370. The van der Waals surface area contributed by atoms with Crippen molar-refractivity contribution in [3.63, 3.8) is 0 Å². The average Bonchev–Trinajstić information content (AvgIpc) is 1.57. The molecule has 0 unspecified atom stereocenters. The largest absolute Gasteiger partial charge is 0.456 e. The van der Waals surface area contributed by atoms with E-state index in [-0.39, 0.29) is 0 Å². The van der Waals surface area contributed by atoms with Crippen molar-refractivity contribution in [3.05, 3.63) is 340 Å². The fraction of sp³-hybridized carbons (Fsp3) is 0.0217. The molecule has 0 bridgehead atoms. The zero-order valence-corrected chi connectivity index (χ0v) is 56.6. The molecule has 6 heteroatoms. The first kappa shape index (κ1) is 57.8. The van der Waals surface area contributed by atoms with Gasteiger partial charge < -0.3 is 14.2 Å². The van der Waals surface area contributed by atoms with Crippen molar-refractivity contribution in [1.82, 2.24) is 0 Å². The molecule has 98 heavy (non-hydrogen) atoms. The van der Waals surface area contributed by atoms with E-state index in [1.807, 2.05) is 22.7 Å². The molecular weight excluding hydrogens is 1240 g/mol. The summed E-state index contributed by atoms with van der Waals surface area (Å²) in [5.74, 6) is 0. The van der Waals surface area contributed by atoms with Crippen molar-refractivity contribution in [2.24, 2.45) is 0 Å². The van der Waals surface area contributed by atoms with Gasteiger partial charge in [0.15, 0.2) is 0 Å². The van der Waals surface area contributed by atoms with Crippen molar-refractivity contribution < 1.29 is 4.42 Å². The Morgan fingerprint density at radius 2 is 0.765 bits per heavy atom. The van der Waals surface area contributed by atoms with Crippen LogP contribution in [0.4, 0.5) is 34.1 Å². The summed E-state index contributed by atoms with van der Waals surface area (Å²) in [4.78, 5) is 4.88. The molecule has 0 N–H and O–H groups in total. The van der Waals surface area contributed by atoms with Gasteiger partial charge in [-0.2, -0.15) is 0 Å². The third-order valence-corrected chi connectivity index (χ3v) is 26.2. The topological polar surface area (TPSA) is 19.6 Å². The summed E-state index contributed by atoms with van der Waals surface area (Å²) in [6.45, 7) is 4.99. The summed E-state index contributed by atoms with van der Waals surface area (Å²) in [5.41, 5.74) is 19.0. The number of fused-ring (bicyclic) bond motifs is 15. The van der Waals surface area contributed by atoms with Gasteiger partial charge in [-0.05, 0) is 184 Å². The van der Waals surface area contributed by atoms with Gasteiger partial charge in [0, 0.05) is 63.8 Å². The number of para-hydroxylation sites is 2. The molecule has 0 amide bonds. The first-order chi connectivity index (χ1) is 48.4. The van der Waals surface area contributed by atoms with Crippen LogP contribution in [0.2, 0.25) is 13.1 Å². The van der Waals surface area contributed by atoms with Crippen molar-refractivity contribution in [2.75, 3.05) is 9.80 Å². The van der Waals surface area contributed by atoms with Crippen LogP contribution in [0.3, 0.4) is 0 Å². The number of furan rings is 1. The molecule has 0 aliphatic carbocycles. The van der Waals surface area contributed by atoms with E-state index in [1.165, 1.54) is 133 Å². The molecule has 0 atom stereocenters. The lowest BCUT2D eigenvalue weighted by Gasteiger charge is -2.28. The van der Waals surface area contributed by atoms with Gasteiger partial charge in [0.25, 0.3) is 0 Å². The average molecular weight is 1300 g/mol. The van der Waals surface area contributed by atoms with Crippen LogP contribution < -0.4 is 20.2 Å². The summed E-state index contributed by atoms with van der Waals surface area (Å²) < 4.78 is 11.6. The number of rotatable bonds is 9. The van der Waals surface area contributed by atoms with Gasteiger partial charge >= 0.3 is 0 Å². The summed E-state index contributed by atoms with van der Waals surface area (Å²) in [6.07, 6.45) is 0. The number of hydrogen-bond acceptors (Lipinski definition) is 5. The predicted octanol–water partition coefficient (Wildman–Crippen LogP) is 26.2. The Hall–Kier alpha value is -11.6. The standard InChI is InChI=1S/C48H33NOSSi.C44H29NS/c1-52(2)45-23-8-6-15-35(45)36-26-24-32(29-46(36)52)49(40-19-11-21-42-48(40)38-16-5-7-20-41(38)50-42)31-25-27-43-39(28-31)47-37(18-10-22-44(47)51-43)34-17-9-13-30-12-3-4-14-33(30)34;1-2-15-35(16-3-1)45(36-27-25-31(26-28-36)34-24-23-30-11-4-5-13-33(30)29-34)41-21-9-20-40-43-39(19-10-22-42(43)46-44(40)41)38-18-8-14-32-12-6-7-17-37(32)38/h3-29H,1-2H3;1-29H. The normalized spacial score (nSPS) is 12.5. The Labute approximate surface area is 577 Å². The van der Waals surface area contributed by atoms with E-state index >= 15 is 0 Å². The maximum absolute atomic E-state index is 6.46. The highest BCUT2D eigenvalue weighted by molar-refractivity contribution is 7.26. The lowest BCUT2D eigenvalue weighted by Crippen LogP contribution is -2.49. The van der Waals surface area contributed by atoms with E-state index in [0.717, 1.165) is 50.4 Å². The third kappa shape index (κ3) is 9.50. The Kier molecular flexibility index (Phi) is 13.8. The van der Waals surface area contributed by atoms with Crippen LogP contribution in [0.5, 0.6) is 0 Å². The Balaban J connectivity index is 0.000000138. The van der Waals surface area contributed by atoms with E-state index in [1.54, 1.807) is 0 Å². The molecule has 20 rings (SSSR count). The second-order valence-corrected chi connectivity index (χ2v) is 32.7. The molecule has 0 saturated heterocycles. The fourth-order valence-corrected chi connectivity index (χ4v) is 21.1. The van der Waals surface area contributed by atoms with E-state index < -0.39 is 8.07 Å². The van der Waals surface area contributed by atoms with Crippen LogP contribution in [0, 0.1) is 0 Å². The van der Waals surface area contributed by atoms with Gasteiger partial charge in [-0.15, -0.1) is 22.7 Å². The van der Waals surface area contributed by atoms with Crippen molar-refractivity contribution in [3.8, 4) is 44.5 Å². The van der Waals surface area contributed by atoms with E-state index in [0.29, 0.717) is 0 Å². The molecule has 4 heterocycles. The lowest BCUT2D eigenvalue weighted by atomic mass is 9.94. The number of nitrogens with zero attached hydrogens (tertiary/aromatic N) is 2. The van der Waals surface area contributed by atoms with Gasteiger partial charge in [-0.1, -0.05) is 256 Å². The predicted molar refractivity (Wildman–Crippen MR) is 426 cm³/mol. The molecule has 3 nitrogen and oxygen atoms in total. The van der Waals surface area contributed by atoms with Crippen LogP contribution in [-0.2, 0) is 0 Å². The molecule has 0 saturated carbocycles. The molecule has 0 spiro atoms. The summed E-state index contributed by atoms with van der Waals surface area (Å²) in [7, 11) is -1.93. The van der Waals surface area contributed by atoms with Crippen molar-refractivity contribution >= 4 is 170 Å². The monoisotopic (exact) mass is 1300 g/mol. The summed E-state index contributed by atoms with van der Waals surface area (Å²) >= 11 is 3.75. The van der Waals surface area contributed by atoms with E-state index in [4.69, 9.17) is 4.42 Å². The smallest absolute Gasteiger partial charge is 0.137 e. The minimum Gasteiger partial charge on any atom is -0.456 e. The van der Waals surface area contributed by atoms with Crippen LogP contribution in [-0.4, -0.2) is 8.07 Å². The minimum absolute atomic E-state index is 0.896. The number of thiophene rings is 2. The maximum Gasteiger partial charge on any atom is 0.137 e. The molecule has 3 aromatic heterocycles. The lowest BCUT2D eigenvalue weighted by molar-refractivity contribution is 0.669. The highest BCUT2D eigenvalue weighted by atomic mass is 32.1. The quantitative estimate of drug-likeness (QED) is 0.134. The number of benzene rings is 16.